The highest BCUT2D eigenvalue weighted by molar-refractivity contribution is 7.48. The monoisotopic (exact) mass is 348 g/mol. The van der Waals surface area contributed by atoms with Gasteiger partial charge in [0, 0.05) is 5.92 Å². The van der Waals surface area contributed by atoms with Crippen LogP contribution in [0, 0.1) is 11.8 Å². The number of rotatable bonds is 13. The average Bonchev–Trinajstić information content (AvgIpc) is 2.51. The van der Waals surface area contributed by atoms with Crippen molar-refractivity contribution in [3.05, 3.63) is 0 Å². The standard InChI is InChI=1S/C16H29O6P/c1-4-7-8-9-10-11-14-19-16(17)13-12-15-22-23(18,20-5-2)21-6-3/h4-11,14-15H2,1-3H3. The van der Waals surface area contributed by atoms with Crippen molar-refractivity contribution in [2.45, 2.75) is 59.3 Å². The van der Waals surface area contributed by atoms with Crippen LogP contribution in [0.15, 0.2) is 0 Å². The Labute approximate surface area is 139 Å². The van der Waals surface area contributed by atoms with Gasteiger partial charge in [0.1, 0.15) is 6.61 Å². The molecule has 7 heteroatoms. The van der Waals surface area contributed by atoms with Gasteiger partial charge in [0.25, 0.3) is 0 Å². The zero-order valence-corrected chi connectivity index (χ0v) is 15.4. The number of unbranched alkanes of at least 4 members (excludes halogenated alkanes) is 5. The summed E-state index contributed by atoms with van der Waals surface area (Å²) in [6.07, 6.45) is 6.74. The first-order chi connectivity index (χ1) is 11.1. The SMILES string of the molecule is CCCCCCCCOC(=O)C#CCOP(=O)(OCC)OCC. The van der Waals surface area contributed by atoms with E-state index in [0.29, 0.717) is 6.61 Å². The maximum Gasteiger partial charge on any atom is 0.475 e. The van der Waals surface area contributed by atoms with E-state index in [4.69, 9.17) is 18.3 Å². The van der Waals surface area contributed by atoms with Crippen LogP contribution in [-0.2, 0) is 27.7 Å². The van der Waals surface area contributed by atoms with Gasteiger partial charge >= 0.3 is 13.8 Å². The number of ether oxygens (including phenoxy) is 1. The van der Waals surface area contributed by atoms with Gasteiger partial charge in [-0.3, -0.25) is 13.6 Å². The molecular weight excluding hydrogens is 319 g/mol. The molecule has 0 aromatic carbocycles. The molecule has 0 rings (SSSR count). The minimum atomic E-state index is -3.57. The van der Waals surface area contributed by atoms with Crippen molar-refractivity contribution in [2.24, 2.45) is 0 Å². The Morgan fingerprint density at radius 2 is 1.52 bits per heavy atom. The Hall–Kier alpha value is -0.860. The molecule has 0 fully saturated rings. The third kappa shape index (κ3) is 13.3. The zero-order chi connectivity index (χ0) is 17.4. The number of esters is 1. The third-order valence-electron chi connectivity index (χ3n) is 2.79. The van der Waals surface area contributed by atoms with E-state index in [1.54, 1.807) is 13.8 Å². The molecule has 134 valence electrons. The topological polar surface area (TPSA) is 71.1 Å². The van der Waals surface area contributed by atoms with Gasteiger partial charge in [0.2, 0.25) is 0 Å². The van der Waals surface area contributed by atoms with Crippen LogP contribution < -0.4 is 0 Å². The summed E-state index contributed by atoms with van der Waals surface area (Å²) in [6, 6.07) is 0. The van der Waals surface area contributed by atoms with Crippen LogP contribution in [0.3, 0.4) is 0 Å². The minimum absolute atomic E-state index is 0.199. The average molecular weight is 348 g/mol. The molecule has 0 spiro atoms. The second kappa shape index (κ2) is 14.7. The molecule has 0 aliphatic carbocycles. The lowest BCUT2D eigenvalue weighted by Gasteiger charge is -2.14. The van der Waals surface area contributed by atoms with Crippen molar-refractivity contribution < 1.29 is 27.7 Å². The van der Waals surface area contributed by atoms with E-state index in [1.165, 1.54) is 19.3 Å². The molecule has 0 bridgehead atoms. The minimum Gasteiger partial charge on any atom is -0.456 e. The molecular formula is C16H29O6P. The molecule has 6 nitrogen and oxygen atoms in total. The van der Waals surface area contributed by atoms with Crippen molar-refractivity contribution in [2.75, 3.05) is 26.4 Å². The number of hydrogen-bond donors (Lipinski definition) is 0. The molecule has 0 unspecified atom stereocenters. The van der Waals surface area contributed by atoms with E-state index in [1.807, 2.05) is 0 Å². The summed E-state index contributed by atoms with van der Waals surface area (Å²) >= 11 is 0. The summed E-state index contributed by atoms with van der Waals surface area (Å²) in [4.78, 5) is 11.4. The van der Waals surface area contributed by atoms with Gasteiger partial charge in [0.05, 0.1) is 19.8 Å². The Morgan fingerprint density at radius 1 is 0.913 bits per heavy atom. The second-order valence-electron chi connectivity index (χ2n) is 4.76. The van der Waals surface area contributed by atoms with E-state index in [0.717, 1.165) is 19.3 Å². The summed E-state index contributed by atoms with van der Waals surface area (Å²) < 4.78 is 31.7. The van der Waals surface area contributed by atoms with Gasteiger partial charge in [-0.15, -0.1) is 0 Å². The number of hydrogen-bond acceptors (Lipinski definition) is 6. The van der Waals surface area contributed by atoms with Gasteiger partial charge < -0.3 is 4.74 Å². The third-order valence-corrected chi connectivity index (χ3v) is 4.38. The van der Waals surface area contributed by atoms with Crippen molar-refractivity contribution >= 4 is 13.8 Å². The normalized spacial score (nSPS) is 10.9. The molecule has 0 amide bonds. The number of carbonyl (C=O) groups is 1. The predicted molar refractivity (Wildman–Crippen MR) is 88.9 cm³/mol. The van der Waals surface area contributed by atoms with E-state index >= 15 is 0 Å². The highest BCUT2D eigenvalue weighted by Gasteiger charge is 2.24. The van der Waals surface area contributed by atoms with Crippen molar-refractivity contribution in [1.82, 2.24) is 0 Å². The van der Waals surface area contributed by atoms with Gasteiger partial charge in [0.15, 0.2) is 0 Å². The molecule has 23 heavy (non-hydrogen) atoms. The van der Waals surface area contributed by atoms with Crippen molar-refractivity contribution in [3.63, 3.8) is 0 Å². The maximum atomic E-state index is 11.9. The van der Waals surface area contributed by atoms with Gasteiger partial charge in [-0.05, 0) is 20.3 Å². The molecule has 0 N–H and O–H groups in total. The highest BCUT2D eigenvalue weighted by Crippen LogP contribution is 2.48. The van der Waals surface area contributed by atoms with Crippen LogP contribution in [0.1, 0.15) is 59.3 Å². The summed E-state index contributed by atoms with van der Waals surface area (Å²) in [5.74, 6) is 4.12. The van der Waals surface area contributed by atoms with E-state index in [2.05, 4.69) is 18.8 Å². The Kier molecular flexibility index (Phi) is 14.2. The fourth-order valence-corrected chi connectivity index (χ4v) is 2.81. The first-order valence-electron chi connectivity index (χ1n) is 8.27. The lowest BCUT2D eigenvalue weighted by atomic mass is 10.1. The van der Waals surface area contributed by atoms with Crippen LogP contribution in [-0.4, -0.2) is 32.4 Å². The molecule has 0 aliphatic rings. The summed E-state index contributed by atoms with van der Waals surface area (Å²) in [7, 11) is -3.57. The van der Waals surface area contributed by atoms with Crippen molar-refractivity contribution in [3.8, 4) is 11.8 Å². The fraction of sp³-hybridized carbons (Fsp3) is 0.812. The molecule has 0 aromatic rings. The number of phosphoric ester groups is 1. The lowest BCUT2D eigenvalue weighted by molar-refractivity contribution is -0.136. The van der Waals surface area contributed by atoms with E-state index < -0.39 is 13.8 Å². The number of phosphoric acid groups is 1. The van der Waals surface area contributed by atoms with Gasteiger partial charge in [-0.25, -0.2) is 9.36 Å². The van der Waals surface area contributed by atoms with E-state index in [-0.39, 0.29) is 19.8 Å². The molecule has 0 radical (unpaired) electrons. The molecule has 0 heterocycles. The van der Waals surface area contributed by atoms with Crippen LogP contribution in [0.5, 0.6) is 0 Å². The Morgan fingerprint density at radius 3 is 2.13 bits per heavy atom. The Balaban J connectivity index is 3.83. The molecule has 0 saturated carbocycles. The van der Waals surface area contributed by atoms with E-state index in [9.17, 15) is 9.36 Å². The predicted octanol–water partition coefficient (Wildman–Crippen LogP) is 4.09. The highest BCUT2D eigenvalue weighted by atomic mass is 31.2. The maximum absolute atomic E-state index is 11.9. The quantitative estimate of drug-likeness (QED) is 0.164. The van der Waals surface area contributed by atoms with Crippen LogP contribution in [0.25, 0.3) is 0 Å². The number of carbonyl (C=O) groups excluding carboxylic acids is 1. The molecule has 0 aliphatic heterocycles. The smallest absolute Gasteiger partial charge is 0.456 e. The van der Waals surface area contributed by atoms with Crippen LogP contribution in [0.2, 0.25) is 0 Å². The lowest BCUT2D eigenvalue weighted by Crippen LogP contribution is -2.04. The van der Waals surface area contributed by atoms with Crippen LogP contribution in [0.4, 0.5) is 0 Å². The van der Waals surface area contributed by atoms with Crippen molar-refractivity contribution in [1.29, 1.82) is 0 Å². The summed E-state index contributed by atoms with van der Waals surface area (Å²) in [5, 5.41) is 0. The molecule has 0 saturated heterocycles. The first kappa shape index (κ1) is 22.1. The zero-order valence-electron chi connectivity index (χ0n) is 14.5. The summed E-state index contributed by atoms with van der Waals surface area (Å²) in [6.45, 7) is 6.09. The first-order valence-corrected chi connectivity index (χ1v) is 9.73. The Bertz CT molecular complexity index is 403. The summed E-state index contributed by atoms with van der Waals surface area (Å²) in [5.41, 5.74) is 0. The fourth-order valence-electron chi connectivity index (χ4n) is 1.73. The van der Waals surface area contributed by atoms with Gasteiger partial charge in [-0.1, -0.05) is 44.9 Å². The van der Waals surface area contributed by atoms with Crippen LogP contribution >= 0.6 is 7.82 Å². The molecule has 0 aromatic heterocycles. The molecule has 0 atom stereocenters. The largest absolute Gasteiger partial charge is 0.475 e. The van der Waals surface area contributed by atoms with Gasteiger partial charge in [-0.2, -0.15) is 0 Å². The second-order valence-corrected chi connectivity index (χ2v) is 6.43.